The number of likely N-dealkylation sites (tertiary alicyclic amines) is 1. The smallest absolute Gasteiger partial charge is 0.307 e. The summed E-state index contributed by atoms with van der Waals surface area (Å²) in [6.45, 7) is 10.5. The van der Waals surface area contributed by atoms with Crippen molar-refractivity contribution >= 4 is 5.97 Å². The van der Waals surface area contributed by atoms with E-state index < -0.39 is 0 Å². The van der Waals surface area contributed by atoms with Gasteiger partial charge in [0.25, 0.3) is 0 Å². The Hall–Kier alpha value is -0.610. The number of unbranched alkanes of at least 4 members (excludes halogenated alkanes) is 1. The topological polar surface area (TPSA) is 32.8 Å². The second-order valence-electron chi connectivity index (χ2n) is 6.32. The molecule has 0 radical (unpaired) electrons. The fraction of sp³-hybridized carbons (Fsp3) is 0.941. The molecule has 0 amide bonds. The number of carbonyl (C=O) groups is 1. The Kier molecular flexibility index (Phi) is 9.68. The van der Waals surface area contributed by atoms with E-state index in [9.17, 15) is 4.79 Å². The molecule has 1 rings (SSSR count). The first kappa shape index (κ1) is 18.4. The highest BCUT2D eigenvalue weighted by atomic mass is 16.5. The third kappa shape index (κ3) is 8.42. The molecule has 1 aliphatic rings. The average Bonchev–Trinajstić information content (AvgIpc) is 2.95. The lowest BCUT2D eigenvalue weighted by molar-refractivity contribution is -0.143. The number of hydrogen-bond acceptors (Lipinski definition) is 4. The number of hydrogen-bond donors (Lipinski definition) is 0. The standard InChI is InChI=1S/C17H34N2O2/c1-4-14-21-17(20)10-12-18(3)11-7-6-8-16-9-13-19(5-2)15-16/h16H,4-15H2,1-3H3. The molecule has 1 aliphatic heterocycles. The molecule has 4 nitrogen and oxygen atoms in total. The van der Waals surface area contributed by atoms with Crippen LogP contribution < -0.4 is 0 Å². The molecule has 0 saturated carbocycles. The fourth-order valence-electron chi connectivity index (χ4n) is 2.93. The van der Waals surface area contributed by atoms with E-state index in [1.807, 2.05) is 6.92 Å². The summed E-state index contributed by atoms with van der Waals surface area (Å²) in [5.41, 5.74) is 0. The lowest BCUT2D eigenvalue weighted by Crippen LogP contribution is -2.24. The molecule has 0 aromatic carbocycles. The van der Waals surface area contributed by atoms with Crippen LogP contribution in [0.5, 0.6) is 0 Å². The Balaban J connectivity index is 1.96. The van der Waals surface area contributed by atoms with E-state index in [0.717, 1.165) is 25.4 Å². The fourth-order valence-corrected chi connectivity index (χ4v) is 2.93. The van der Waals surface area contributed by atoms with Gasteiger partial charge in [0.1, 0.15) is 0 Å². The number of nitrogens with zero attached hydrogens (tertiary/aromatic N) is 2. The highest BCUT2D eigenvalue weighted by Gasteiger charge is 2.20. The van der Waals surface area contributed by atoms with Gasteiger partial charge in [0.05, 0.1) is 13.0 Å². The first-order valence-electron chi connectivity index (χ1n) is 8.72. The van der Waals surface area contributed by atoms with Crippen molar-refractivity contribution in [1.29, 1.82) is 0 Å². The van der Waals surface area contributed by atoms with Gasteiger partial charge < -0.3 is 14.5 Å². The molecule has 0 aliphatic carbocycles. The van der Waals surface area contributed by atoms with Crippen LogP contribution in [-0.4, -0.2) is 62.1 Å². The van der Waals surface area contributed by atoms with E-state index in [1.54, 1.807) is 0 Å². The molecular formula is C17H34N2O2. The molecule has 0 aromatic heterocycles. The van der Waals surface area contributed by atoms with Gasteiger partial charge in [-0.15, -0.1) is 0 Å². The number of esters is 1. The van der Waals surface area contributed by atoms with Crippen LogP contribution in [0.2, 0.25) is 0 Å². The molecule has 1 unspecified atom stereocenters. The van der Waals surface area contributed by atoms with Gasteiger partial charge in [0, 0.05) is 13.1 Å². The molecule has 1 saturated heterocycles. The van der Waals surface area contributed by atoms with Gasteiger partial charge in [-0.05, 0) is 58.3 Å². The van der Waals surface area contributed by atoms with Crippen LogP contribution in [0, 0.1) is 5.92 Å². The van der Waals surface area contributed by atoms with Crippen LogP contribution >= 0.6 is 0 Å². The monoisotopic (exact) mass is 298 g/mol. The van der Waals surface area contributed by atoms with Gasteiger partial charge in [-0.1, -0.05) is 20.3 Å². The van der Waals surface area contributed by atoms with E-state index in [-0.39, 0.29) is 5.97 Å². The van der Waals surface area contributed by atoms with Gasteiger partial charge in [0.2, 0.25) is 0 Å². The summed E-state index contributed by atoms with van der Waals surface area (Å²) in [7, 11) is 2.10. The summed E-state index contributed by atoms with van der Waals surface area (Å²) in [5, 5.41) is 0. The molecule has 0 N–H and O–H groups in total. The highest BCUT2D eigenvalue weighted by Crippen LogP contribution is 2.21. The average molecular weight is 298 g/mol. The maximum absolute atomic E-state index is 11.4. The molecule has 124 valence electrons. The zero-order valence-corrected chi connectivity index (χ0v) is 14.3. The number of ether oxygens (including phenoxy) is 1. The minimum absolute atomic E-state index is 0.0608. The van der Waals surface area contributed by atoms with Crippen LogP contribution in [0.3, 0.4) is 0 Å². The second kappa shape index (κ2) is 11.0. The van der Waals surface area contributed by atoms with Crippen LogP contribution in [0.15, 0.2) is 0 Å². The molecule has 1 atom stereocenters. The molecule has 21 heavy (non-hydrogen) atoms. The summed E-state index contributed by atoms with van der Waals surface area (Å²) in [4.78, 5) is 16.2. The second-order valence-corrected chi connectivity index (χ2v) is 6.32. The van der Waals surface area contributed by atoms with E-state index in [4.69, 9.17) is 4.74 Å². The Bertz CT molecular complexity index is 284. The van der Waals surface area contributed by atoms with Crippen molar-refractivity contribution in [2.45, 2.75) is 52.4 Å². The Morgan fingerprint density at radius 1 is 1.29 bits per heavy atom. The maximum Gasteiger partial charge on any atom is 0.307 e. The van der Waals surface area contributed by atoms with Crippen LogP contribution in [0.4, 0.5) is 0 Å². The molecule has 0 aromatic rings. The Morgan fingerprint density at radius 2 is 2.10 bits per heavy atom. The van der Waals surface area contributed by atoms with Crippen LogP contribution in [0.1, 0.15) is 52.4 Å². The third-order valence-corrected chi connectivity index (χ3v) is 4.38. The highest BCUT2D eigenvalue weighted by molar-refractivity contribution is 5.69. The minimum atomic E-state index is -0.0608. The van der Waals surface area contributed by atoms with Crippen LogP contribution in [0.25, 0.3) is 0 Å². The first-order chi connectivity index (χ1) is 10.2. The molecule has 0 spiro atoms. The van der Waals surface area contributed by atoms with Crippen molar-refractivity contribution in [2.24, 2.45) is 5.92 Å². The van der Waals surface area contributed by atoms with E-state index in [0.29, 0.717) is 13.0 Å². The normalized spacial score (nSPS) is 19.3. The lowest BCUT2D eigenvalue weighted by Gasteiger charge is -2.17. The van der Waals surface area contributed by atoms with Gasteiger partial charge in [-0.3, -0.25) is 4.79 Å². The quantitative estimate of drug-likeness (QED) is 0.434. The predicted octanol–water partition coefficient (Wildman–Crippen LogP) is 2.77. The van der Waals surface area contributed by atoms with E-state index >= 15 is 0 Å². The Morgan fingerprint density at radius 3 is 2.76 bits per heavy atom. The molecule has 1 heterocycles. The summed E-state index contributed by atoms with van der Waals surface area (Å²) < 4.78 is 5.09. The van der Waals surface area contributed by atoms with Crippen molar-refractivity contribution in [3.8, 4) is 0 Å². The van der Waals surface area contributed by atoms with E-state index in [1.165, 1.54) is 45.3 Å². The zero-order valence-electron chi connectivity index (χ0n) is 14.3. The van der Waals surface area contributed by atoms with Crippen molar-refractivity contribution < 1.29 is 9.53 Å². The molecule has 4 heteroatoms. The molecule has 1 fully saturated rings. The minimum Gasteiger partial charge on any atom is -0.466 e. The van der Waals surface area contributed by atoms with Gasteiger partial charge in [0.15, 0.2) is 0 Å². The maximum atomic E-state index is 11.4. The molecular weight excluding hydrogens is 264 g/mol. The first-order valence-corrected chi connectivity index (χ1v) is 8.72. The number of carbonyl (C=O) groups excluding carboxylic acids is 1. The van der Waals surface area contributed by atoms with E-state index in [2.05, 4.69) is 23.8 Å². The zero-order chi connectivity index (χ0) is 15.5. The van der Waals surface area contributed by atoms with Crippen molar-refractivity contribution in [3.63, 3.8) is 0 Å². The number of rotatable bonds is 11. The largest absolute Gasteiger partial charge is 0.466 e. The SMILES string of the molecule is CCCOC(=O)CCN(C)CCCCC1CCN(CC)C1. The molecule has 0 bridgehead atoms. The third-order valence-electron chi connectivity index (χ3n) is 4.38. The van der Waals surface area contributed by atoms with Gasteiger partial charge in [-0.25, -0.2) is 0 Å². The summed E-state index contributed by atoms with van der Waals surface area (Å²) in [6.07, 6.45) is 6.72. The lowest BCUT2D eigenvalue weighted by atomic mass is 10.0. The van der Waals surface area contributed by atoms with Crippen LogP contribution in [-0.2, 0) is 9.53 Å². The summed E-state index contributed by atoms with van der Waals surface area (Å²) in [5.74, 6) is 0.855. The van der Waals surface area contributed by atoms with Crippen molar-refractivity contribution in [1.82, 2.24) is 9.80 Å². The summed E-state index contributed by atoms with van der Waals surface area (Å²) >= 11 is 0. The van der Waals surface area contributed by atoms with Crippen molar-refractivity contribution in [3.05, 3.63) is 0 Å². The van der Waals surface area contributed by atoms with Gasteiger partial charge >= 0.3 is 5.97 Å². The summed E-state index contributed by atoms with van der Waals surface area (Å²) in [6, 6.07) is 0. The van der Waals surface area contributed by atoms with Gasteiger partial charge in [-0.2, -0.15) is 0 Å². The van der Waals surface area contributed by atoms with Crippen molar-refractivity contribution in [2.75, 3.05) is 46.4 Å². The Labute approximate surface area is 130 Å². The predicted molar refractivity (Wildman–Crippen MR) is 87.4 cm³/mol.